The van der Waals surface area contributed by atoms with Gasteiger partial charge in [-0.05, 0) is 24.0 Å². The van der Waals surface area contributed by atoms with Gasteiger partial charge in [-0.3, -0.25) is 14.6 Å². The van der Waals surface area contributed by atoms with Gasteiger partial charge in [-0.25, -0.2) is 0 Å². The van der Waals surface area contributed by atoms with Crippen LogP contribution in [0.15, 0.2) is 18.3 Å². The van der Waals surface area contributed by atoms with E-state index >= 15 is 0 Å². The van der Waals surface area contributed by atoms with Crippen molar-refractivity contribution in [2.24, 2.45) is 17.3 Å². The molecule has 5 heteroatoms. The molecule has 1 aliphatic rings. The molecule has 2 atom stereocenters. The summed E-state index contributed by atoms with van der Waals surface area (Å²) in [7, 11) is 0. The number of amides is 1. The summed E-state index contributed by atoms with van der Waals surface area (Å²) in [6.45, 7) is 5.89. The molecule has 2 N–H and O–H groups in total. The van der Waals surface area contributed by atoms with Crippen LogP contribution in [0, 0.1) is 24.2 Å². The van der Waals surface area contributed by atoms with Crippen molar-refractivity contribution in [2.45, 2.75) is 27.3 Å². The van der Waals surface area contributed by atoms with E-state index in [0.717, 1.165) is 11.3 Å². The molecule has 0 unspecified atom stereocenters. The topological polar surface area (TPSA) is 79.3 Å². The first kappa shape index (κ1) is 13.5. The highest BCUT2D eigenvalue weighted by Crippen LogP contribution is 2.58. The van der Waals surface area contributed by atoms with Crippen molar-refractivity contribution in [1.82, 2.24) is 10.3 Å². The molecule has 0 bridgehead atoms. The molecule has 1 aliphatic carbocycles. The second kappa shape index (κ2) is 4.64. The Hall–Kier alpha value is -1.91. The molecule has 0 spiro atoms. The summed E-state index contributed by atoms with van der Waals surface area (Å²) in [4.78, 5) is 27.1. The molecule has 0 aliphatic heterocycles. The van der Waals surface area contributed by atoms with Gasteiger partial charge in [-0.2, -0.15) is 0 Å². The SMILES string of the molecule is Cc1ccc(CNC(=O)[C@H]2[C@@H](C(=O)O)C2(C)C)cn1. The number of aliphatic carboxylic acids is 1. The minimum Gasteiger partial charge on any atom is -0.481 e. The first-order chi connectivity index (χ1) is 8.84. The number of hydrogen-bond donors (Lipinski definition) is 2. The lowest BCUT2D eigenvalue weighted by Crippen LogP contribution is -2.26. The Morgan fingerprint density at radius 2 is 2.05 bits per heavy atom. The van der Waals surface area contributed by atoms with Gasteiger partial charge in [0.1, 0.15) is 0 Å². The zero-order valence-electron chi connectivity index (χ0n) is 11.3. The predicted molar refractivity (Wildman–Crippen MR) is 69.2 cm³/mol. The molecule has 0 aromatic carbocycles. The molecule has 2 rings (SSSR count). The van der Waals surface area contributed by atoms with Crippen molar-refractivity contribution < 1.29 is 14.7 Å². The first-order valence-electron chi connectivity index (χ1n) is 6.26. The lowest BCUT2D eigenvalue weighted by Gasteiger charge is -2.06. The summed E-state index contributed by atoms with van der Waals surface area (Å²) in [5.74, 6) is -2.12. The fraction of sp³-hybridized carbons (Fsp3) is 0.500. The largest absolute Gasteiger partial charge is 0.481 e. The number of carbonyl (C=O) groups is 2. The maximum atomic E-state index is 12.0. The van der Waals surface area contributed by atoms with Gasteiger partial charge in [-0.1, -0.05) is 19.9 Å². The second-order valence-electron chi connectivity index (χ2n) is 5.64. The fourth-order valence-electron chi connectivity index (χ4n) is 2.49. The smallest absolute Gasteiger partial charge is 0.307 e. The molecule has 102 valence electrons. The van der Waals surface area contributed by atoms with Crippen molar-refractivity contribution in [1.29, 1.82) is 0 Å². The van der Waals surface area contributed by atoms with E-state index in [9.17, 15) is 9.59 Å². The quantitative estimate of drug-likeness (QED) is 0.858. The third-order valence-electron chi connectivity index (χ3n) is 3.82. The predicted octanol–water partition coefficient (Wildman–Crippen LogP) is 1.36. The Morgan fingerprint density at radius 3 is 2.53 bits per heavy atom. The minimum atomic E-state index is -0.901. The van der Waals surface area contributed by atoms with Crippen LogP contribution in [-0.2, 0) is 16.1 Å². The number of carboxylic acids is 1. The van der Waals surface area contributed by atoms with Gasteiger partial charge in [-0.15, -0.1) is 0 Å². The molecular formula is C14H18N2O3. The first-order valence-corrected chi connectivity index (χ1v) is 6.26. The summed E-state index contributed by atoms with van der Waals surface area (Å²) < 4.78 is 0. The molecular weight excluding hydrogens is 244 g/mol. The molecule has 1 heterocycles. The van der Waals surface area contributed by atoms with Gasteiger partial charge in [0.15, 0.2) is 0 Å². The van der Waals surface area contributed by atoms with Gasteiger partial charge < -0.3 is 10.4 Å². The second-order valence-corrected chi connectivity index (χ2v) is 5.64. The molecule has 1 amide bonds. The van der Waals surface area contributed by atoms with Crippen molar-refractivity contribution in [2.75, 3.05) is 0 Å². The van der Waals surface area contributed by atoms with Crippen LogP contribution in [0.5, 0.6) is 0 Å². The summed E-state index contributed by atoms with van der Waals surface area (Å²) in [6, 6.07) is 3.78. The summed E-state index contributed by atoms with van der Waals surface area (Å²) in [5.41, 5.74) is 1.37. The van der Waals surface area contributed by atoms with Crippen molar-refractivity contribution in [3.63, 3.8) is 0 Å². The Kier molecular flexibility index (Phi) is 3.30. The molecule has 19 heavy (non-hydrogen) atoms. The van der Waals surface area contributed by atoms with E-state index in [1.807, 2.05) is 32.9 Å². The Labute approximate surface area is 112 Å². The number of hydrogen-bond acceptors (Lipinski definition) is 3. The third kappa shape index (κ3) is 2.59. The number of carboxylic acid groups (broad SMARTS) is 1. The van der Waals surface area contributed by atoms with Gasteiger partial charge in [0.05, 0.1) is 11.8 Å². The lowest BCUT2D eigenvalue weighted by molar-refractivity contribution is -0.140. The number of nitrogens with one attached hydrogen (secondary N) is 1. The van der Waals surface area contributed by atoms with E-state index in [0.29, 0.717) is 6.54 Å². The Morgan fingerprint density at radius 1 is 1.37 bits per heavy atom. The van der Waals surface area contributed by atoms with Crippen molar-refractivity contribution in [3.05, 3.63) is 29.6 Å². The van der Waals surface area contributed by atoms with E-state index < -0.39 is 23.2 Å². The molecule has 1 aromatic rings. The van der Waals surface area contributed by atoms with Crippen LogP contribution in [0.2, 0.25) is 0 Å². The van der Waals surface area contributed by atoms with E-state index in [2.05, 4.69) is 10.3 Å². The Balaban J connectivity index is 1.93. The van der Waals surface area contributed by atoms with E-state index in [4.69, 9.17) is 5.11 Å². The highest BCUT2D eigenvalue weighted by molar-refractivity contribution is 5.91. The molecule has 1 saturated carbocycles. The number of rotatable bonds is 4. The van der Waals surface area contributed by atoms with Crippen molar-refractivity contribution >= 4 is 11.9 Å². The minimum absolute atomic E-state index is 0.196. The summed E-state index contributed by atoms with van der Waals surface area (Å²) in [5, 5.41) is 11.8. The van der Waals surface area contributed by atoms with Gasteiger partial charge in [0.2, 0.25) is 5.91 Å². The zero-order valence-corrected chi connectivity index (χ0v) is 11.3. The van der Waals surface area contributed by atoms with E-state index in [-0.39, 0.29) is 5.91 Å². The molecule has 1 fully saturated rings. The van der Waals surface area contributed by atoms with Crippen LogP contribution in [0.25, 0.3) is 0 Å². The van der Waals surface area contributed by atoms with E-state index in [1.54, 1.807) is 6.20 Å². The van der Waals surface area contributed by atoms with Crippen molar-refractivity contribution in [3.8, 4) is 0 Å². The average molecular weight is 262 g/mol. The number of pyridine rings is 1. The maximum Gasteiger partial charge on any atom is 0.307 e. The fourth-order valence-corrected chi connectivity index (χ4v) is 2.49. The molecule has 5 nitrogen and oxygen atoms in total. The Bertz CT molecular complexity index is 508. The third-order valence-corrected chi connectivity index (χ3v) is 3.82. The number of aryl methyl sites for hydroxylation is 1. The maximum absolute atomic E-state index is 12.0. The summed E-state index contributed by atoms with van der Waals surface area (Å²) in [6.07, 6.45) is 1.71. The standard InChI is InChI=1S/C14H18N2O3/c1-8-4-5-9(6-15-8)7-16-12(17)10-11(13(18)19)14(10,2)3/h4-6,10-11H,7H2,1-3H3,(H,16,17)(H,18,19)/t10-,11+/m1/s1. The van der Waals surface area contributed by atoms with Crippen LogP contribution in [0.1, 0.15) is 25.1 Å². The molecule has 0 radical (unpaired) electrons. The molecule has 1 aromatic heterocycles. The average Bonchev–Trinajstić information content (AvgIpc) is 2.91. The lowest BCUT2D eigenvalue weighted by atomic mass is 10.1. The monoisotopic (exact) mass is 262 g/mol. The van der Waals surface area contributed by atoms with Crippen LogP contribution in [0.4, 0.5) is 0 Å². The highest BCUT2D eigenvalue weighted by atomic mass is 16.4. The van der Waals surface area contributed by atoms with Gasteiger partial charge in [0.25, 0.3) is 0 Å². The van der Waals surface area contributed by atoms with Crippen LogP contribution >= 0.6 is 0 Å². The van der Waals surface area contributed by atoms with Crippen LogP contribution < -0.4 is 5.32 Å². The highest BCUT2D eigenvalue weighted by Gasteiger charge is 2.65. The summed E-state index contributed by atoms with van der Waals surface area (Å²) >= 11 is 0. The van der Waals surface area contributed by atoms with E-state index in [1.165, 1.54) is 0 Å². The van der Waals surface area contributed by atoms with Crippen LogP contribution in [0.3, 0.4) is 0 Å². The van der Waals surface area contributed by atoms with Gasteiger partial charge in [0, 0.05) is 18.4 Å². The number of carbonyl (C=O) groups excluding carboxylic acids is 1. The van der Waals surface area contributed by atoms with Crippen LogP contribution in [-0.4, -0.2) is 22.0 Å². The normalized spacial score (nSPS) is 23.7. The number of aromatic nitrogens is 1. The number of nitrogens with zero attached hydrogens (tertiary/aromatic N) is 1. The van der Waals surface area contributed by atoms with Gasteiger partial charge >= 0.3 is 5.97 Å². The molecule has 0 saturated heterocycles. The zero-order chi connectivity index (χ0) is 14.2.